The van der Waals surface area contributed by atoms with E-state index in [-0.39, 0.29) is 23.0 Å². The van der Waals surface area contributed by atoms with Crippen molar-refractivity contribution in [3.63, 3.8) is 0 Å². The molecular weight excluding hydrogens is 1790 g/mol. The summed E-state index contributed by atoms with van der Waals surface area (Å²) in [4.78, 5) is 232. The normalized spacial score (nSPS) is 16.4. The third-order valence-electron chi connectivity index (χ3n) is 16.3. The second kappa shape index (κ2) is 65.6. The molecule has 0 radical (unpaired) electrons. The summed E-state index contributed by atoms with van der Waals surface area (Å²) in [5.74, 6) is -23.7. The molecule has 57 nitrogen and oxygen atoms in total. The summed E-state index contributed by atoms with van der Waals surface area (Å²) in [5, 5.41) is 244. The first-order valence-electron chi connectivity index (χ1n) is 36.1. The van der Waals surface area contributed by atoms with Crippen LogP contribution in [0.2, 0.25) is 0 Å². The maximum atomic E-state index is 12.7. The van der Waals surface area contributed by atoms with Crippen LogP contribution in [0, 0.1) is 0 Å². The molecule has 0 aromatic heterocycles. The summed E-state index contributed by atoms with van der Waals surface area (Å²) in [6.07, 6.45) is -24.8. The minimum atomic E-state index is -2.43. The molecule has 724 valence electrons. The van der Waals surface area contributed by atoms with Crippen molar-refractivity contribution in [3.8, 4) is 0 Å². The SMILES string of the molecule is CNC(CC(=O)NCC(O)C(O)C(O)C(O)C(=O)O)C(=O)N[C@@H](CSC)C(=O)O.CNC(CC(=O)O)C(=O)NC(CC(=O)NCC(O)C(=O)O)C(=O)NC(CSC)C(=O)O.CN[C@@H](CC(=O)NC[C@H](O)[C@@H](O)[C@H](O)[C@H](O)C(=O)O)C(=O)N[C@@H](CSC)C(=O)O.CN[C@@H](CC(=O)O)C(=O)NC(CC(=O)NCC(O)C(O)C(O)C(O)C(=O)O)C(=O)N[C@@H](CSC)C(=O)O. The van der Waals surface area contributed by atoms with Gasteiger partial charge in [-0.25, -0.2) is 38.4 Å². The number of carboxylic acid groups (broad SMARTS) is 10. The van der Waals surface area contributed by atoms with Gasteiger partial charge in [-0.15, -0.1) is 0 Å². The zero-order chi connectivity index (χ0) is 98.5. The average Bonchev–Trinajstić information content (AvgIpc) is 0.874. The molecule has 0 aliphatic carbocycles. The van der Waals surface area contributed by atoms with Crippen molar-refractivity contribution >= 4 is 166 Å². The molecule has 0 saturated carbocycles. The lowest BCUT2D eigenvalue weighted by Crippen LogP contribution is -2.57. The summed E-state index contributed by atoms with van der Waals surface area (Å²) in [6, 6.07) is -13.0. The molecule has 0 fully saturated rings. The Morgan fingerprint density at radius 3 is 0.587 bits per heavy atom. The maximum absolute atomic E-state index is 12.7. The van der Waals surface area contributed by atoms with E-state index in [1.165, 1.54) is 51.7 Å². The highest BCUT2D eigenvalue weighted by molar-refractivity contribution is 7.99. The van der Waals surface area contributed by atoms with Gasteiger partial charge in [-0.2, -0.15) is 47.0 Å². The summed E-state index contributed by atoms with van der Waals surface area (Å²) in [5.41, 5.74) is 0. The van der Waals surface area contributed by atoms with Crippen LogP contribution in [0.3, 0.4) is 0 Å². The number of carbonyl (C=O) groups is 20. The molecule has 0 aromatic rings. The van der Waals surface area contributed by atoms with Gasteiger partial charge in [0.2, 0.25) is 59.1 Å². The number of likely N-dealkylation sites (N-methyl/N-ethyl adjacent to an activating group) is 4. The standard InChI is InChI=1S/C19H32N4O13S.C16H26N4O10S.2C15H27N3O10S/c1-20-7(4-12(26)27)16(31)22-8(17(32)23-9(6-37-2)18(33)34)3-11(25)21-5-10(24)13(28)14(29)15(30)19(35)36;1-17-7(4-12(23)24)13(25)19-8(3-11(22)18-5-10(21)16(29)30)14(26)20-9(6-31-2)15(27)28;2*1-16-6(13(24)18-7(5-29-2)14(25)26)3-9(20)17-4-8(19)10(21)11(22)12(23)15(27)28/h7-10,13-15,20,24,28-30H,3-6H2,1-2H3,(H,21,25)(H,22,31)(H,23,32)(H,26,27)(H,33,34)(H,35,36);7-10,17,21H,3-6H2,1-2H3,(H,18,22)(H,19,25)(H,20,26)(H,23,24)(H,27,28)(H,29,30);2*6-8,10-12,16,19,21-23H,3-5H2,1-2H3,(H,17,20)(H,18,24)(H,25,26)(H,27,28)/t7-,8?,9-,10?,13?,14?,15?;;6?,7-,8?,10?,11?,12?;6-,7-,8-,10+,11-,12-/m0.00/s1. The van der Waals surface area contributed by atoms with Crippen LogP contribution in [0.15, 0.2) is 0 Å². The Kier molecular flexibility index (Phi) is 63.8. The lowest BCUT2D eigenvalue weighted by Gasteiger charge is -2.25. The van der Waals surface area contributed by atoms with E-state index in [1.807, 2.05) is 0 Å². The van der Waals surface area contributed by atoms with E-state index < -0.39 is 323 Å². The number of aliphatic hydroxyl groups is 13. The van der Waals surface area contributed by atoms with Crippen LogP contribution >= 0.6 is 47.0 Å². The van der Waals surface area contributed by atoms with Crippen molar-refractivity contribution in [2.75, 3.05) is 102 Å². The number of hydrogen-bond donors (Lipinski definition) is 37. The van der Waals surface area contributed by atoms with Gasteiger partial charge in [-0.05, 0) is 53.2 Å². The van der Waals surface area contributed by atoms with E-state index in [4.69, 9.17) is 56.2 Å². The van der Waals surface area contributed by atoms with Crippen molar-refractivity contribution in [2.45, 2.75) is 178 Å². The summed E-state index contributed by atoms with van der Waals surface area (Å²) < 4.78 is 0. The third kappa shape index (κ3) is 50.5. The van der Waals surface area contributed by atoms with Gasteiger partial charge >= 0.3 is 59.7 Å². The van der Waals surface area contributed by atoms with Crippen LogP contribution in [0.25, 0.3) is 0 Å². The molecular formula is C65H112N14O43S4. The molecule has 0 aliphatic heterocycles. The van der Waals surface area contributed by atoms with E-state index in [1.54, 1.807) is 25.0 Å². The topological polar surface area (TPSA) is 975 Å². The number of aliphatic carboxylic acids is 10. The largest absolute Gasteiger partial charge is 0.481 e. The molecule has 61 heteroatoms. The second-order valence-electron chi connectivity index (χ2n) is 26.0. The lowest BCUT2D eigenvalue weighted by molar-refractivity contribution is -0.163. The third-order valence-corrected chi connectivity index (χ3v) is 19.0. The fourth-order valence-corrected chi connectivity index (χ4v) is 11.3. The number of thioether (sulfide) groups is 4. The Morgan fingerprint density at radius 1 is 0.230 bits per heavy atom. The van der Waals surface area contributed by atoms with Crippen molar-refractivity contribution < 1.29 is 213 Å². The molecule has 0 heterocycles. The van der Waals surface area contributed by atoms with Crippen LogP contribution in [-0.4, -0.2) is 478 Å². The predicted octanol–water partition coefficient (Wildman–Crippen LogP) is -18.0. The first-order valence-corrected chi connectivity index (χ1v) is 41.7. The number of amides is 10. The van der Waals surface area contributed by atoms with Crippen LogP contribution < -0.4 is 74.4 Å². The first-order chi connectivity index (χ1) is 58.5. The minimum absolute atomic E-state index is 0.00308. The Balaban J connectivity index is -0.000000792. The zero-order valence-corrected chi connectivity index (χ0v) is 71.5. The minimum Gasteiger partial charge on any atom is -0.481 e. The van der Waals surface area contributed by atoms with Gasteiger partial charge in [0.1, 0.15) is 72.9 Å². The second-order valence-corrected chi connectivity index (χ2v) is 29.6. The van der Waals surface area contributed by atoms with Gasteiger partial charge in [0.05, 0.1) is 87.5 Å². The highest BCUT2D eigenvalue weighted by atomic mass is 32.2. The van der Waals surface area contributed by atoms with Gasteiger partial charge in [-0.1, -0.05) is 0 Å². The Bertz CT molecular complexity index is 3460. The molecule has 10 amide bonds. The molecule has 14 unspecified atom stereocenters. The van der Waals surface area contributed by atoms with E-state index in [0.29, 0.717) is 0 Å². The smallest absolute Gasteiger partial charge is 0.335 e. The number of rotatable bonds is 61. The number of nitrogens with one attached hydrogen (secondary N) is 14. The number of hydrogen-bond acceptors (Lipinski definition) is 41. The molecule has 37 N–H and O–H groups in total. The Hall–Kier alpha value is -9.88. The summed E-state index contributed by atoms with van der Waals surface area (Å²) in [7, 11) is 5.34. The van der Waals surface area contributed by atoms with Crippen LogP contribution in [0.4, 0.5) is 0 Å². The van der Waals surface area contributed by atoms with Crippen molar-refractivity contribution in [1.29, 1.82) is 0 Å². The predicted molar refractivity (Wildman–Crippen MR) is 431 cm³/mol. The molecule has 0 spiro atoms. The quantitative estimate of drug-likeness (QED) is 0.0269. The van der Waals surface area contributed by atoms with E-state index in [0.717, 1.165) is 23.5 Å². The lowest BCUT2D eigenvalue weighted by atomic mass is 10.0. The van der Waals surface area contributed by atoms with E-state index >= 15 is 0 Å². The molecule has 0 saturated heterocycles. The zero-order valence-electron chi connectivity index (χ0n) is 68.3. The molecule has 23 atom stereocenters. The van der Waals surface area contributed by atoms with Crippen molar-refractivity contribution in [3.05, 3.63) is 0 Å². The van der Waals surface area contributed by atoms with Gasteiger partial charge in [0.25, 0.3) is 0 Å². The highest BCUT2D eigenvalue weighted by Crippen LogP contribution is 2.12. The number of aliphatic hydroxyl groups excluding tert-OH is 13. The highest BCUT2D eigenvalue weighted by Gasteiger charge is 2.40. The van der Waals surface area contributed by atoms with E-state index in [9.17, 15) is 157 Å². The molecule has 0 aromatic carbocycles. The van der Waals surface area contributed by atoms with Crippen LogP contribution in [-0.2, 0) is 95.9 Å². The molecule has 0 aliphatic rings. The molecule has 126 heavy (non-hydrogen) atoms. The fraction of sp³-hybridized carbons (Fsp3) is 0.692. The molecule has 0 rings (SSSR count). The van der Waals surface area contributed by atoms with Gasteiger partial charge < -0.3 is 192 Å². The van der Waals surface area contributed by atoms with Crippen molar-refractivity contribution in [1.82, 2.24) is 74.4 Å². The Labute approximate surface area is 731 Å². The van der Waals surface area contributed by atoms with Crippen LogP contribution in [0.5, 0.6) is 0 Å². The Morgan fingerprint density at radius 2 is 0.413 bits per heavy atom. The maximum Gasteiger partial charge on any atom is 0.335 e. The molecule has 0 bridgehead atoms. The first kappa shape index (κ1) is 122. The van der Waals surface area contributed by atoms with Gasteiger partial charge in [0.15, 0.2) is 24.4 Å². The van der Waals surface area contributed by atoms with Gasteiger partial charge in [-0.3, -0.25) is 57.5 Å². The summed E-state index contributed by atoms with van der Waals surface area (Å²) >= 11 is 4.64. The number of carbonyl (C=O) groups excluding carboxylic acids is 10. The van der Waals surface area contributed by atoms with Gasteiger partial charge in [0, 0.05) is 42.6 Å². The van der Waals surface area contributed by atoms with Crippen LogP contribution in [0.1, 0.15) is 38.5 Å². The fourth-order valence-electron chi connectivity index (χ4n) is 9.10. The number of carboxylic acids is 10. The average molecular weight is 1910 g/mol. The monoisotopic (exact) mass is 1900 g/mol. The summed E-state index contributed by atoms with van der Waals surface area (Å²) in [6.45, 7) is -2.66. The van der Waals surface area contributed by atoms with E-state index in [2.05, 4.69) is 74.4 Å². The van der Waals surface area contributed by atoms with Crippen molar-refractivity contribution in [2.24, 2.45) is 0 Å².